The van der Waals surface area contributed by atoms with Gasteiger partial charge in [0.05, 0.1) is 0 Å². The zero-order valence-electron chi connectivity index (χ0n) is 8.90. The van der Waals surface area contributed by atoms with Crippen molar-refractivity contribution < 1.29 is 9.59 Å². The Morgan fingerprint density at radius 3 is 1.71 bits per heavy atom. The van der Waals surface area contributed by atoms with Crippen LogP contribution in [0.4, 0.5) is 0 Å². The molecule has 88 valence electrons. The molecular weight excluding hydrogens is 259 g/mol. The molecule has 1 aliphatic rings. The minimum absolute atomic E-state index is 0.369. The molecule has 0 aromatic carbocycles. The molecule has 0 heterocycles. The van der Waals surface area contributed by atoms with Crippen molar-refractivity contribution in [3.05, 3.63) is 57.7 Å². The number of allylic oxidation sites excluding steroid dienone is 10. The Bertz CT molecular complexity index is 424. The van der Waals surface area contributed by atoms with Gasteiger partial charge in [0.15, 0.2) is 0 Å². The summed E-state index contributed by atoms with van der Waals surface area (Å²) in [6.07, 6.45) is 11.5. The lowest BCUT2D eigenvalue weighted by Crippen LogP contribution is -1.90. The third-order valence-electron chi connectivity index (χ3n) is 2.13. The number of hydrogen-bond acceptors (Lipinski definition) is 2. The van der Waals surface area contributed by atoms with Crippen LogP contribution in [-0.2, 0) is 9.59 Å². The van der Waals surface area contributed by atoms with E-state index >= 15 is 0 Å². The van der Waals surface area contributed by atoms with Crippen LogP contribution in [0, 0.1) is 0 Å². The maximum absolute atomic E-state index is 10.4. The van der Waals surface area contributed by atoms with Crippen LogP contribution in [0.3, 0.4) is 0 Å². The summed E-state index contributed by atoms with van der Waals surface area (Å²) < 4.78 is 0. The summed E-state index contributed by atoms with van der Waals surface area (Å²) >= 11 is 11.9. The third kappa shape index (κ3) is 4.17. The molecule has 0 amide bonds. The van der Waals surface area contributed by atoms with Crippen molar-refractivity contribution in [3.8, 4) is 0 Å². The van der Waals surface area contributed by atoms with Gasteiger partial charge in [0.2, 0.25) is 0 Å². The standard InChI is InChI=1S/C13H10Cl2O2/c14-12(5-7-16)10-3-1-2-4-11(9-10)13(15)6-8-17/h1-8H,9H2/b12-5-,13-6-. The predicted octanol–water partition coefficient (Wildman–Crippen LogP) is 3.44. The smallest absolute Gasteiger partial charge is 0.144 e. The largest absolute Gasteiger partial charge is 0.299 e. The van der Waals surface area contributed by atoms with Gasteiger partial charge in [-0.15, -0.1) is 0 Å². The highest BCUT2D eigenvalue weighted by Gasteiger charge is 2.09. The number of aldehydes is 2. The van der Waals surface area contributed by atoms with Crippen molar-refractivity contribution in [1.29, 1.82) is 0 Å². The fourth-order valence-electron chi connectivity index (χ4n) is 1.33. The lowest BCUT2D eigenvalue weighted by atomic mass is 10.0. The molecule has 0 aromatic heterocycles. The zero-order valence-corrected chi connectivity index (χ0v) is 10.4. The van der Waals surface area contributed by atoms with Crippen LogP contribution < -0.4 is 0 Å². The van der Waals surface area contributed by atoms with Gasteiger partial charge in [0.25, 0.3) is 0 Å². The van der Waals surface area contributed by atoms with Gasteiger partial charge in [0, 0.05) is 16.5 Å². The maximum atomic E-state index is 10.4. The monoisotopic (exact) mass is 268 g/mol. The van der Waals surface area contributed by atoms with Gasteiger partial charge in [-0.05, 0) is 23.3 Å². The van der Waals surface area contributed by atoms with Crippen LogP contribution in [0.25, 0.3) is 0 Å². The molecule has 1 aliphatic carbocycles. The topological polar surface area (TPSA) is 34.1 Å². The van der Waals surface area contributed by atoms with Crippen molar-refractivity contribution in [3.63, 3.8) is 0 Å². The predicted molar refractivity (Wildman–Crippen MR) is 69.9 cm³/mol. The van der Waals surface area contributed by atoms with Gasteiger partial charge in [-0.1, -0.05) is 47.5 Å². The molecule has 0 unspecified atom stereocenters. The minimum Gasteiger partial charge on any atom is -0.299 e. The summed E-state index contributed by atoms with van der Waals surface area (Å²) in [5.74, 6) is 0. The van der Waals surface area contributed by atoms with Gasteiger partial charge in [0.1, 0.15) is 12.6 Å². The average Bonchev–Trinajstić information content (AvgIpc) is 2.55. The Kier molecular flexibility index (Phi) is 5.67. The summed E-state index contributed by atoms with van der Waals surface area (Å²) in [5.41, 5.74) is 1.55. The fourth-order valence-corrected chi connectivity index (χ4v) is 1.69. The Morgan fingerprint density at radius 1 is 0.941 bits per heavy atom. The van der Waals surface area contributed by atoms with Crippen LogP contribution in [0.2, 0.25) is 0 Å². The van der Waals surface area contributed by atoms with Crippen LogP contribution in [-0.4, -0.2) is 12.6 Å². The summed E-state index contributed by atoms with van der Waals surface area (Å²) in [6.45, 7) is 0. The van der Waals surface area contributed by atoms with Crippen LogP contribution >= 0.6 is 23.2 Å². The van der Waals surface area contributed by atoms with Gasteiger partial charge < -0.3 is 0 Å². The van der Waals surface area contributed by atoms with Crippen molar-refractivity contribution in [2.24, 2.45) is 0 Å². The quantitative estimate of drug-likeness (QED) is 0.578. The molecule has 0 aliphatic heterocycles. The number of rotatable bonds is 4. The third-order valence-corrected chi connectivity index (χ3v) is 2.87. The second kappa shape index (κ2) is 7.05. The first kappa shape index (κ1) is 13.7. The van der Waals surface area contributed by atoms with E-state index < -0.39 is 0 Å². The van der Waals surface area contributed by atoms with Crippen molar-refractivity contribution in [2.75, 3.05) is 0 Å². The summed E-state index contributed by atoms with van der Waals surface area (Å²) in [7, 11) is 0. The molecule has 0 fully saturated rings. The Morgan fingerprint density at radius 2 is 1.35 bits per heavy atom. The van der Waals surface area contributed by atoms with Gasteiger partial charge in [-0.25, -0.2) is 0 Å². The Hall–Kier alpha value is -1.38. The number of hydrogen-bond donors (Lipinski definition) is 0. The van der Waals surface area contributed by atoms with E-state index in [2.05, 4.69) is 0 Å². The van der Waals surface area contributed by atoms with Crippen molar-refractivity contribution >= 4 is 35.8 Å². The molecule has 4 heteroatoms. The number of carbonyl (C=O) groups excluding carboxylic acids is 2. The molecule has 0 N–H and O–H groups in total. The van der Waals surface area contributed by atoms with E-state index in [0.717, 1.165) is 11.1 Å². The van der Waals surface area contributed by atoms with Crippen LogP contribution in [0.1, 0.15) is 6.42 Å². The molecule has 2 nitrogen and oxygen atoms in total. The van der Waals surface area contributed by atoms with E-state index in [1.54, 1.807) is 24.3 Å². The highest BCUT2D eigenvalue weighted by Crippen LogP contribution is 2.29. The molecule has 0 saturated carbocycles. The first-order valence-corrected chi connectivity index (χ1v) is 5.63. The highest BCUT2D eigenvalue weighted by molar-refractivity contribution is 6.34. The minimum atomic E-state index is 0.369. The second-order valence-corrected chi connectivity index (χ2v) is 4.06. The molecule has 17 heavy (non-hydrogen) atoms. The van der Waals surface area contributed by atoms with Crippen molar-refractivity contribution in [2.45, 2.75) is 6.42 Å². The SMILES string of the molecule is O=C/C=C(\Cl)C1=CC=CC=C(/C(Cl)=C/C=O)C1. The van der Waals surface area contributed by atoms with Gasteiger partial charge >= 0.3 is 0 Å². The van der Waals surface area contributed by atoms with E-state index in [0.29, 0.717) is 29.1 Å². The zero-order chi connectivity index (χ0) is 12.7. The lowest BCUT2D eigenvalue weighted by Gasteiger charge is -2.07. The molecule has 0 spiro atoms. The lowest BCUT2D eigenvalue weighted by molar-refractivity contribution is -0.104. The highest BCUT2D eigenvalue weighted by atomic mass is 35.5. The Labute approximate surface area is 110 Å². The first-order chi connectivity index (χ1) is 8.19. The van der Waals surface area contributed by atoms with E-state index in [1.165, 1.54) is 12.2 Å². The second-order valence-electron chi connectivity index (χ2n) is 3.25. The molecule has 1 rings (SSSR count). The van der Waals surface area contributed by atoms with E-state index in [-0.39, 0.29) is 0 Å². The summed E-state index contributed by atoms with van der Waals surface area (Å²) in [4.78, 5) is 20.7. The van der Waals surface area contributed by atoms with Gasteiger partial charge in [-0.3, -0.25) is 9.59 Å². The molecular formula is C13H10Cl2O2. The number of halogens is 2. The van der Waals surface area contributed by atoms with E-state index in [1.807, 2.05) is 0 Å². The normalized spacial score (nSPS) is 17.1. The molecule has 0 bridgehead atoms. The summed E-state index contributed by atoms with van der Waals surface area (Å²) in [6, 6.07) is 0. The van der Waals surface area contributed by atoms with Crippen LogP contribution in [0.5, 0.6) is 0 Å². The molecule has 0 radical (unpaired) electrons. The average molecular weight is 269 g/mol. The van der Waals surface area contributed by atoms with E-state index in [9.17, 15) is 9.59 Å². The van der Waals surface area contributed by atoms with E-state index in [4.69, 9.17) is 23.2 Å². The molecule has 0 saturated heterocycles. The number of carbonyl (C=O) groups is 2. The summed E-state index contributed by atoms with van der Waals surface area (Å²) in [5, 5.41) is 0.737. The first-order valence-electron chi connectivity index (χ1n) is 4.88. The van der Waals surface area contributed by atoms with Crippen LogP contribution in [0.15, 0.2) is 57.7 Å². The molecule has 0 aromatic rings. The molecule has 0 atom stereocenters. The fraction of sp³-hybridized carbons (Fsp3) is 0.0769. The Balaban J connectivity index is 2.99. The van der Waals surface area contributed by atoms with Gasteiger partial charge in [-0.2, -0.15) is 0 Å². The van der Waals surface area contributed by atoms with Crippen molar-refractivity contribution in [1.82, 2.24) is 0 Å². The maximum Gasteiger partial charge on any atom is 0.144 e.